The number of aryl methyl sites for hydroxylation is 1. The number of benzene rings is 2. The zero-order chi connectivity index (χ0) is 18.1. The molecule has 0 fully saturated rings. The van der Waals surface area contributed by atoms with Gasteiger partial charge in [0.15, 0.2) is 5.96 Å². The summed E-state index contributed by atoms with van der Waals surface area (Å²) in [5.41, 5.74) is 9.28. The summed E-state index contributed by atoms with van der Waals surface area (Å²) < 4.78 is 11.2. The molecule has 2 rings (SSSR count). The van der Waals surface area contributed by atoms with Crippen LogP contribution in [0.4, 0.5) is 5.69 Å². The third kappa shape index (κ3) is 7.11. The first-order chi connectivity index (χ1) is 12.1. The molecule has 0 aliphatic heterocycles. The van der Waals surface area contributed by atoms with Crippen LogP contribution in [-0.2, 0) is 6.42 Å². The Kier molecular flexibility index (Phi) is 9.87. The van der Waals surface area contributed by atoms with E-state index in [0.717, 1.165) is 23.6 Å². The molecule has 26 heavy (non-hydrogen) atoms. The second kappa shape index (κ2) is 11.6. The summed E-state index contributed by atoms with van der Waals surface area (Å²) in [5.74, 6) is 1.85. The number of anilines is 1. The van der Waals surface area contributed by atoms with Gasteiger partial charge in [0.2, 0.25) is 0 Å². The molecule has 0 aliphatic rings. The minimum Gasteiger partial charge on any atom is -0.494 e. The fourth-order valence-electron chi connectivity index (χ4n) is 2.38. The molecule has 2 aromatic carbocycles. The molecule has 0 aromatic heterocycles. The lowest BCUT2D eigenvalue weighted by molar-refractivity contribution is 0.332. The van der Waals surface area contributed by atoms with E-state index in [1.54, 1.807) is 0 Å². The lowest BCUT2D eigenvalue weighted by Crippen LogP contribution is -2.23. The van der Waals surface area contributed by atoms with Crippen molar-refractivity contribution in [2.75, 3.05) is 25.1 Å². The van der Waals surface area contributed by atoms with Gasteiger partial charge in [-0.05, 0) is 44.9 Å². The molecular formula is C20H28IN3O2. The number of rotatable bonds is 8. The molecule has 0 unspecified atom stereocenters. The van der Waals surface area contributed by atoms with E-state index in [2.05, 4.69) is 41.5 Å². The van der Waals surface area contributed by atoms with Crippen molar-refractivity contribution >= 4 is 35.6 Å². The van der Waals surface area contributed by atoms with Crippen molar-refractivity contribution < 1.29 is 9.47 Å². The van der Waals surface area contributed by atoms with Crippen LogP contribution in [0.15, 0.2) is 47.5 Å². The van der Waals surface area contributed by atoms with Gasteiger partial charge in [-0.1, -0.05) is 29.8 Å². The Bertz CT molecular complexity index is 703. The lowest BCUT2D eigenvalue weighted by atomic mass is 10.1. The largest absolute Gasteiger partial charge is 0.494 e. The minimum absolute atomic E-state index is 0. The smallest absolute Gasteiger partial charge is 0.193 e. The van der Waals surface area contributed by atoms with Crippen molar-refractivity contribution in [1.29, 1.82) is 0 Å². The number of halogens is 1. The van der Waals surface area contributed by atoms with Crippen molar-refractivity contribution in [1.82, 2.24) is 0 Å². The SMILES string of the molecule is CCOc1ccc(OCC)c(NC(N)=NCCc2ccc(C)cc2)c1.I. The molecule has 0 spiro atoms. The van der Waals surface area contributed by atoms with Crippen LogP contribution in [-0.4, -0.2) is 25.7 Å². The van der Waals surface area contributed by atoms with Gasteiger partial charge < -0.3 is 20.5 Å². The summed E-state index contributed by atoms with van der Waals surface area (Å²) in [6, 6.07) is 14.1. The zero-order valence-corrected chi connectivity index (χ0v) is 17.9. The molecule has 0 bridgehead atoms. The Morgan fingerprint density at radius 3 is 2.38 bits per heavy atom. The maximum absolute atomic E-state index is 6.03. The van der Waals surface area contributed by atoms with Gasteiger partial charge >= 0.3 is 0 Å². The number of hydrogen-bond donors (Lipinski definition) is 2. The zero-order valence-electron chi connectivity index (χ0n) is 15.6. The number of aliphatic imine (C=N–C) groups is 1. The molecule has 0 saturated carbocycles. The monoisotopic (exact) mass is 469 g/mol. The summed E-state index contributed by atoms with van der Waals surface area (Å²) in [6.45, 7) is 7.78. The van der Waals surface area contributed by atoms with Gasteiger partial charge in [0, 0.05) is 12.6 Å². The van der Waals surface area contributed by atoms with Crippen LogP contribution in [0.5, 0.6) is 11.5 Å². The second-order valence-electron chi connectivity index (χ2n) is 5.65. The molecule has 0 amide bonds. The Hall–Kier alpha value is -1.96. The highest BCUT2D eigenvalue weighted by molar-refractivity contribution is 14.0. The van der Waals surface area contributed by atoms with Gasteiger partial charge in [0.1, 0.15) is 11.5 Å². The van der Waals surface area contributed by atoms with E-state index in [1.165, 1.54) is 11.1 Å². The molecule has 6 heteroatoms. The fourth-order valence-corrected chi connectivity index (χ4v) is 2.38. The molecule has 0 heterocycles. The number of nitrogens with two attached hydrogens (primary N) is 1. The summed E-state index contributed by atoms with van der Waals surface area (Å²) in [6.07, 6.45) is 0.847. The summed E-state index contributed by atoms with van der Waals surface area (Å²) >= 11 is 0. The van der Waals surface area contributed by atoms with Crippen LogP contribution in [0.2, 0.25) is 0 Å². The number of ether oxygens (including phenoxy) is 2. The first-order valence-electron chi connectivity index (χ1n) is 8.64. The fraction of sp³-hybridized carbons (Fsp3) is 0.350. The maximum Gasteiger partial charge on any atom is 0.193 e. The van der Waals surface area contributed by atoms with Crippen molar-refractivity contribution in [2.24, 2.45) is 10.7 Å². The Morgan fingerprint density at radius 2 is 1.73 bits per heavy atom. The van der Waals surface area contributed by atoms with E-state index >= 15 is 0 Å². The Balaban J connectivity index is 0.00000338. The highest BCUT2D eigenvalue weighted by atomic mass is 127. The third-order valence-electron chi connectivity index (χ3n) is 3.63. The average Bonchev–Trinajstić information content (AvgIpc) is 2.59. The van der Waals surface area contributed by atoms with E-state index < -0.39 is 0 Å². The highest BCUT2D eigenvalue weighted by Gasteiger charge is 2.07. The number of hydrogen-bond acceptors (Lipinski definition) is 3. The molecule has 0 radical (unpaired) electrons. The van der Waals surface area contributed by atoms with Crippen LogP contribution in [0.3, 0.4) is 0 Å². The number of nitrogens with one attached hydrogen (secondary N) is 1. The third-order valence-corrected chi connectivity index (χ3v) is 3.63. The standard InChI is InChI=1S/C20H27N3O2.HI/c1-4-24-17-10-11-19(25-5-2)18(14-17)23-20(21)22-13-12-16-8-6-15(3)7-9-16;/h6-11,14H,4-5,12-13H2,1-3H3,(H3,21,22,23);1H. The van der Waals surface area contributed by atoms with Gasteiger partial charge in [0.25, 0.3) is 0 Å². The quantitative estimate of drug-likeness (QED) is 0.342. The number of guanidine groups is 1. The highest BCUT2D eigenvalue weighted by Crippen LogP contribution is 2.29. The van der Waals surface area contributed by atoms with E-state index in [-0.39, 0.29) is 24.0 Å². The predicted octanol–water partition coefficient (Wildman–Crippen LogP) is 4.38. The normalized spacial score (nSPS) is 10.8. The van der Waals surface area contributed by atoms with E-state index in [9.17, 15) is 0 Å². The second-order valence-corrected chi connectivity index (χ2v) is 5.65. The van der Waals surface area contributed by atoms with Crippen molar-refractivity contribution in [3.05, 3.63) is 53.6 Å². The summed E-state index contributed by atoms with van der Waals surface area (Å²) in [5, 5.41) is 3.11. The molecule has 5 nitrogen and oxygen atoms in total. The molecule has 0 saturated heterocycles. The first kappa shape index (κ1) is 22.1. The van der Waals surface area contributed by atoms with Crippen molar-refractivity contribution in [3.8, 4) is 11.5 Å². The minimum atomic E-state index is 0. The van der Waals surface area contributed by atoms with Crippen molar-refractivity contribution in [3.63, 3.8) is 0 Å². The van der Waals surface area contributed by atoms with Gasteiger partial charge in [-0.2, -0.15) is 0 Å². The topological polar surface area (TPSA) is 68.9 Å². The molecular weight excluding hydrogens is 441 g/mol. The van der Waals surface area contributed by atoms with E-state index in [4.69, 9.17) is 15.2 Å². The van der Waals surface area contributed by atoms with E-state index in [0.29, 0.717) is 25.7 Å². The van der Waals surface area contributed by atoms with Crippen LogP contribution in [0.25, 0.3) is 0 Å². The molecule has 3 N–H and O–H groups in total. The Labute approximate surface area is 173 Å². The van der Waals surface area contributed by atoms with Crippen LogP contribution >= 0.6 is 24.0 Å². The van der Waals surface area contributed by atoms with Crippen LogP contribution in [0.1, 0.15) is 25.0 Å². The van der Waals surface area contributed by atoms with Crippen LogP contribution in [0, 0.1) is 6.92 Å². The molecule has 2 aromatic rings. The first-order valence-corrected chi connectivity index (χ1v) is 8.64. The number of nitrogens with zero attached hydrogens (tertiary/aromatic N) is 1. The van der Waals surface area contributed by atoms with E-state index in [1.807, 2.05) is 32.0 Å². The van der Waals surface area contributed by atoms with Gasteiger partial charge in [0.05, 0.1) is 18.9 Å². The van der Waals surface area contributed by atoms with Gasteiger partial charge in [-0.15, -0.1) is 24.0 Å². The summed E-state index contributed by atoms with van der Waals surface area (Å²) in [4.78, 5) is 4.40. The average molecular weight is 469 g/mol. The van der Waals surface area contributed by atoms with Crippen molar-refractivity contribution in [2.45, 2.75) is 27.2 Å². The summed E-state index contributed by atoms with van der Waals surface area (Å²) in [7, 11) is 0. The lowest BCUT2D eigenvalue weighted by Gasteiger charge is -2.14. The molecule has 0 atom stereocenters. The van der Waals surface area contributed by atoms with Crippen LogP contribution < -0.4 is 20.5 Å². The predicted molar refractivity (Wildman–Crippen MR) is 119 cm³/mol. The van der Waals surface area contributed by atoms with Gasteiger partial charge in [-0.3, -0.25) is 4.99 Å². The van der Waals surface area contributed by atoms with Gasteiger partial charge in [-0.25, -0.2) is 0 Å². The maximum atomic E-state index is 6.03. The molecule has 0 aliphatic carbocycles. The molecule has 142 valence electrons. The Morgan fingerprint density at radius 1 is 1.04 bits per heavy atom.